The van der Waals surface area contributed by atoms with Gasteiger partial charge in [0.1, 0.15) is 11.9 Å². The van der Waals surface area contributed by atoms with E-state index in [-0.39, 0.29) is 12.1 Å². The van der Waals surface area contributed by atoms with Crippen molar-refractivity contribution >= 4 is 5.97 Å². The zero-order chi connectivity index (χ0) is 11.4. The summed E-state index contributed by atoms with van der Waals surface area (Å²) in [6.07, 6.45) is 1.27. The Bertz CT molecular complexity index is 355. The maximum absolute atomic E-state index is 11.2. The maximum Gasteiger partial charge on any atom is 0.337 e. The lowest BCUT2D eigenvalue weighted by Crippen LogP contribution is -2.19. The van der Waals surface area contributed by atoms with Crippen molar-refractivity contribution in [1.29, 1.82) is 0 Å². The Morgan fingerprint density at radius 1 is 1.38 bits per heavy atom. The molecule has 1 aliphatic rings. The van der Waals surface area contributed by atoms with Gasteiger partial charge in [-0.2, -0.15) is 0 Å². The van der Waals surface area contributed by atoms with E-state index >= 15 is 0 Å². The Morgan fingerprint density at radius 3 is 2.69 bits per heavy atom. The molecule has 1 aromatic carbocycles. The number of carbonyl (C=O) groups is 1. The molecule has 1 heterocycles. The van der Waals surface area contributed by atoms with Crippen molar-refractivity contribution in [3.63, 3.8) is 0 Å². The lowest BCUT2D eigenvalue weighted by Gasteiger charge is -2.12. The van der Waals surface area contributed by atoms with E-state index in [0.717, 1.165) is 25.3 Å². The molecule has 0 spiro atoms. The molecule has 1 aromatic rings. The number of nitrogens with one attached hydrogen (secondary N) is 1. The van der Waals surface area contributed by atoms with Crippen LogP contribution in [0.5, 0.6) is 5.75 Å². The fourth-order valence-corrected chi connectivity index (χ4v) is 1.71. The Morgan fingerprint density at radius 2 is 2.12 bits per heavy atom. The SMILES string of the molecule is COC(=O)c1ccc(O[C@H]2CCNC2)cc1. The van der Waals surface area contributed by atoms with Gasteiger partial charge in [-0.05, 0) is 37.2 Å². The first kappa shape index (κ1) is 11.0. The van der Waals surface area contributed by atoms with Gasteiger partial charge in [-0.25, -0.2) is 4.79 Å². The van der Waals surface area contributed by atoms with Gasteiger partial charge in [0.05, 0.1) is 12.7 Å². The van der Waals surface area contributed by atoms with E-state index in [4.69, 9.17) is 4.74 Å². The first-order valence-electron chi connectivity index (χ1n) is 5.35. The topological polar surface area (TPSA) is 47.6 Å². The fourth-order valence-electron chi connectivity index (χ4n) is 1.71. The second-order valence-corrected chi connectivity index (χ2v) is 3.75. The number of benzene rings is 1. The normalized spacial score (nSPS) is 19.4. The number of hydrogen-bond acceptors (Lipinski definition) is 4. The van der Waals surface area contributed by atoms with Crippen LogP contribution in [-0.2, 0) is 4.74 Å². The molecule has 0 aliphatic carbocycles. The van der Waals surface area contributed by atoms with Crippen LogP contribution in [0.4, 0.5) is 0 Å². The number of esters is 1. The first-order chi connectivity index (χ1) is 7.79. The standard InChI is InChI=1S/C12H15NO3/c1-15-12(14)9-2-4-10(5-3-9)16-11-6-7-13-8-11/h2-5,11,13H,6-8H2,1H3/t11-/m0/s1. The number of carbonyl (C=O) groups excluding carboxylic acids is 1. The van der Waals surface area contributed by atoms with Gasteiger partial charge in [0.15, 0.2) is 0 Å². The molecule has 1 atom stereocenters. The van der Waals surface area contributed by atoms with Gasteiger partial charge < -0.3 is 14.8 Å². The molecular formula is C12H15NO3. The highest BCUT2D eigenvalue weighted by molar-refractivity contribution is 5.89. The highest BCUT2D eigenvalue weighted by Crippen LogP contribution is 2.16. The van der Waals surface area contributed by atoms with Crippen LogP contribution in [0.15, 0.2) is 24.3 Å². The van der Waals surface area contributed by atoms with E-state index in [9.17, 15) is 4.79 Å². The summed E-state index contributed by atoms with van der Waals surface area (Å²) in [7, 11) is 1.37. The van der Waals surface area contributed by atoms with E-state index in [1.807, 2.05) is 0 Å². The molecule has 0 aromatic heterocycles. The second-order valence-electron chi connectivity index (χ2n) is 3.75. The molecule has 2 rings (SSSR count). The van der Waals surface area contributed by atoms with Crippen molar-refractivity contribution in [1.82, 2.24) is 5.32 Å². The summed E-state index contributed by atoms with van der Waals surface area (Å²) in [5, 5.41) is 3.23. The Balaban J connectivity index is 1.98. The summed E-state index contributed by atoms with van der Waals surface area (Å²) in [6.45, 7) is 1.89. The van der Waals surface area contributed by atoms with E-state index in [2.05, 4.69) is 10.1 Å². The molecule has 16 heavy (non-hydrogen) atoms. The van der Waals surface area contributed by atoms with E-state index in [0.29, 0.717) is 5.56 Å². The molecule has 0 unspecified atom stereocenters. The second kappa shape index (κ2) is 4.99. The molecule has 0 radical (unpaired) electrons. The van der Waals surface area contributed by atoms with Crippen LogP contribution in [0.1, 0.15) is 16.8 Å². The number of hydrogen-bond donors (Lipinski definition) is 1. The summed E-state index contributed by atoms with van der Waals surface area (Å²) >= 11 is 0. The van der Waals surface area contributed by atoms with E-state index < -0.39 is 0 Å². The highest BCUT2D eigenvalue weighted by Gasteiger charge is 2.15. The van der Waals surface area contributed by atoms with Gasteiger partial charge in [0.2, 0.25) is 0 Å². The van der Waals surface area contributed by atoms with Gasteiger partial charge in [0, 0.05) is 6.54 Å². The third kappa shape index (κ3) is 2.52. The van der Waals surface area contributed by atoms with Crippen molar-refractivity contribution < 1.29 is 14.3 Å². The number of ether oxygens (including phenoxy) is 2. The molecule has 1 N–H and O–H groups in total. The van der Waals surface area contributed by atoms with Crippen molar-refractivity contribution in [3.05, 3.63) is 29.8 Å². The van der Waals surface area contributed by atoms with Gasteiger partial charge in [-0.3, -0.25) is 0 Å². The van der Waals surface area contributed by atoms with Crippen molar-refractivity contribution in [2.45, 2.75) is 12.5 Å². The van der Waals surface area contributed by atoms with E-state index in [1.54, 1.807) is 24.3 Å². The predicted molar refractivity (Wildman–Crippen MR) is 59.7 cm³/mol. The third-order valence-corrected chi connectivity index (χ3v) is 2.59. The lowest BCUT2D eigenvalue weighted by atomic mass is 10.2. The van der Waals surface area contributed by atoms with Crippen LogP contribution in [0, 0.1) is 0 Å². The third-order valence-electron chi connectivity index (χ3n) is 2.59. The minimum Gasteiger partial charge on any atom is -0.489 e. The zero-order valence-corrected chi connectivity index (χ0v) is 9.23. The van der Waals surface area contributed by atoms with Crippen LogP contribution >= 0.6 is 0 Å². The smallest absolute Gasteiger partial charge is 0.337 e. The quantitative estimate of drug-likeness (QED) is 0.779. The average molecular weight is 221 g/mol. The summed E-state index contributed by atoms with van der Waals surface area (Å²) in [5.41, 5.74) is 0.541. The maximum atomic E-state index is 11.2. The monoisotopic (exact) mass is 221 g/mol. The highest BCUT2D eigenvalue weighted by atomic mass is 16.5. The average Bonchev–Trinajstić information content (AvgIpc) is 2.82. The lowest BCUT2D eigenvalue weighted by molar-refractivity contribution is 0.0600. The van der Waals surface area contributed by atoms with Crippen LogP contribution in [0.25, 0.3) is 0 Å². The summed E-state index contributed by atoms with van der Waals surface area (Å²) in [5.74, 6) is 0.468. The van der Waals surface area contributed by atoms with Crippen molar-refractivity contribution in [3.8, 4) is 5.75 Å². The summed E-state index contributed by atoms with van der Waals surface area (Å²) < 4.78 is 10.3. The summed E-state index contributed by atoms with van der Waals surface area (Å²) in [4.78, 5) is 11.2. The minimum atomic E-state index is -0.325. The number of rotatable bonds is 3. The molecule has 4 heteroatoms. The molecule has 1 fully saturated rings. The Labute approximate surface area is 94.6 Å². The first-order valence-corrected chi connectivity index (χ1v) is 5.35. The molecule has 0 bridgehead atoms. The molecule has 1 saturated heterocycles. The van der Waals surface area contributed by atoms with E-state index in [1.165, 1.54) is 7.11 Å². The van der Waals surface area contributed by atoms with Gasteiger partial charge in [-0.1, -0.05) is 0 Å². The molecule has 4 nitrogen and oxygen atoms in total. The fraction of sp³-hybridized carbons (Fsp3) is 0.417. The largest absolute Gasteiger partial charge is 0.489 e. The van der Waals surface area contributed by atoms with Gasteiger partial charge in [-0.15, -0.1) is 0 Å². The molecule has 0 amide bonds. The van der Waals surface area contributed by atoms with Crippen molar-refractivity contribution in [2.24, 2.45) is 0 Å². The predicted octanol–water partition coefficient (Wildman–Crippen LogP) is 1.21. The Kier molecular flexibility index (Phi) is 3.41. The molecular weight excluding hydrogens is 206 g/mol. The zero-order valence-electron chi connectivity index (χ0n) is 9.23. The van der Waals surface area contributed by atoms with Gasteiger partial charge in [0.25, 0.3) is 0 Å². The Hall–Kier alpha value is -1.55. The van der Waals surface area contributed by atoms with Crippen LogP contribution in [0.3, 0.4) is 0 Å². The minimum absolute atomic E-state index is 0.240. The summed E-state index contributed by atoms with van der Waals surface area (Å²) in [6, 6.07) is 7.02. The van der Waals surface area contributed by atoms with Crippen LogP contribution < -0.4 is 10.1 Å². The molecule has 1 aliphatic heterocycles. The molecule has 0 saturated carbocycles. The van der Waals surface area contributed by atoms with Crippen molar-refractivity contribution in [2.75, 3.05) is 20.2 Å². The van der Waals surface area contributed by atoms with Gasteiger partial charge >= 0.3 is 5.97 Å². The van der Waals surface area contributed by atoms with Crippen LogP contribution in [0.2, 0.25) is 0 Å². The van der Waals surface area contributed by atoms with Crippen LogP contribution in [-0.4, -0.2) is 32.3 Å². The molecule has 86 valence electrons. The number of methoxy groups -OCH3 is 1.